The molecular formula is C29H35ClN2O. The SMILES string of the molecule is COc1ccc(N2CCC3(CCCN(c4ccccc4)C3)CC2)cc1.Cc1cccc(Cl)c1. The van der Waals surface area contributed by atoms with Crippen LogP contribution < -0.4 is 14.5 Å². The van der Waals surface area contributed by atoms with Crippen molar-refractivity contribution in [3.05, 3.63) is 89.4 Å². The van der Waals surface area contributed by atoms with Gasteiger partial charge in [-0.05, 0) is 92.1 Å². The van der Waals surface area contributed by atoms with E-state index < -0.39 is 0 Å². The van der Waals surface area contributed by atoms with Gasteiger partial charge in [-0.1, -0.05) is 41.9 Å². The van der Waals surface area contributed by atoms with Gasteiger partial charge in [-0.15, -0.1) is 0 Å². The van der Waals surface area contributed by atoms with Crippen LogP contribution in [-0.4, -0.2) is 33.3 Å². The van der Waals surface area contributed by atoms with Gasteiger partial charge in [0.2, 0.25) is 0 Å². The lowest BCUT2D eigenvalue weighted by molar-refractivity contribution is 0.179. The number of rotatable bonds is 3. The maximum atomic E-state index is 5.64. The van der Waals surface area contributed by atoms with E-state index in [-0.39, 0.29) is 0 Å². The zero-order chi connectivity index (χ0) is 23.1. The highest BCUT2D eigenvalue weighted by Gasteiger charge is 2.38. The third-order valence-electron chi connectivity index (χ3n) is 7.02. The highest BCUT2D eigenvalue weighted by atomic mass is 35.5. The van der Waals surface area contributed by atoms with Crippen molar-refractivity contribution in [1.29, 1.82) is 0 Å². The number of aryl methyl sites for hydroxylation is 1. The molecule has 2 heterocycles. The van der Waals surface area contributed by atoms with Crippen LogP contribution >= 0.6 is 11.6 Å². The van der Waals surface area contributed by atoms with Gasteiger partial charge in [-0.25, -0.2) is 0 Å². The van der Waals surface area contributed by atoms with Crippen molar-refractivity contribution in [3.63, 3.8) is 0 Å². The summed E-state index contributed by atoms with van der Waals surface area (Å²) < 4.78 is 5.28. The molecule has 0 aliphatic carbocycles. The van der Waals surface area contributed by atoms with E-state index in [9.17, 15) is 0 Å². The molecule has 0 radical (unpaired) electrons. The Balaban J connectivity index is 0.000000275. The molecule has 0 N–H and O–H groups in total. The van der Waals surface area contributed by atoms with E-state index in [2.05, 4.69) is 64.4 Å². The number of methoxy groups -OCH3 is 1. The fraction of sp³-hybridized carbons (Fsp3) is 0.379. The van der Waals surface area contributed by atoms with Gasteiger partial charge in [0.25, 0.3) is 0 Å². The first-order chi connectivity index (χ1) is 16.1. The zero-order valence-electron chi connectivity index (χ0n) is 19.8. The molecule has 0 bridgehead atoms. The molecule has 2 saturated heterocycles. The van der Waals surface area contributed by atoms with E-state index in [1.165, 1.54) is 55.7 Å². The molecule has 0 aromatic heterocycles. The maximum Gasteiger partial charge on any atom is 0.119 e. The summed E-state index contributed by atoms with van der Waals surface area (Å²) in [7, 11) is 1.72. The van der Waals surface area contributed by atoms with Crippen molar-refractivity contribution in [1.82, 2.24) is 0 Å². The Morgan fingerprint density at radius 1 is 0.758 bits per heavy atom. The van der Waals surface area contributed by atoms with Crippen molar-refractivity contribution in [2.45, 2.75) is 32.6 Å². The van der Waals surface area contributed by atoms with Gasteiger partial charge < -0.3 is 14.5 Å². The second-order valence-corrected chi connectivity index (χ2v) is 9.78. The number of piperidine rings is 2. The standard InChI is InChI=1S/C22H28N2O.C7H7Cl/c1-25-21-10-8-20(9-11-21)23-16-13-22(14-17-23)12-5-15-24(18-22)19-6-3-2-4-7-19;1-6-3-2-4-7(8)5-6/h2-4,6-11H,5,12-18H2,1H3;2-5H,1H3. The van der Waals surface area contributed by atoms with Crippen molar-refractivity contribution in [2.75, 3.05) is 43.1 Å². The zero-order valence-corrected chi connectivity index (χ0v) is 20.6. The Morgan fingerprint density at radius 3 is 2.06 bits per heavy atom. The van der Waals surface area contributed by atoms with E-state index in [0.29, 0.717) is 5.41 Å². The number of halogens is 1. The second kappa shape index (κ2) is 11.0. The average Bonchev–Trinajstić information content (AvgIpc) is 2.86. The summed E-state index contributed by atoms with van der Waals surface area (Å²) in [5.74, 6) is 0.933. The number of anilines is 2. The first-order valence-corrected chi connectivity index (χ1v) is 12.4. The normalized spacial score (nSPS) is 17.3. The van der Waals surface area contributed by atoms with Crippen molar-refractivity contribution in [3.8, 4) is 5.75 Å². The van der Waals surface area contributed by atoms with Gasteiger partial charge in [-0.3, -0.25) is 0 Å². The summed E-state index contributed by atoms with van der Waals surface area (Å²) in [5.41, 5.74) is 4.42. The molecule has 2 fully saturated rings. The summed E-state index contributed by atoms with van der Waals surface area (Å²) in [4.78, 5) is 5.14. The van der Waals surface area contributed by atoms with Crippen LogP contribution in [0, 0.1) is 12.3 Å². The van der Waals surface area contributed by atoms with Gasteiger partial charge in [0.15, 0.2) is 0 Å². The minimum atomic E-state index is 0.497. The third-order valence-corrected chi connectivity index (χ3v) is 7.26. The highest BCUT2D eigenvalue weighted by Crippen LogP contribution is 2.42. The summed E-state index contributed by atoms with van der Waals surface area (Å²) >= 11 is 5.64. The minimum Gasteiger partial charge on any atom is -0.497 e. The number of hydrogen-bond donors (Lipinski definition) is 0. The fourth-order valence-electron chi connectivity index (χ4n) is 5.11. The Morgan fingerprint density at radius 2 is 1.45 bits per heavy atom. The molecular weight excluding hydrogens is 428 g/mol. The highest BCUT2D eigenvalue weighted by molar-refractivity contribution is 6.30. The monoisotopic (exact) mass is 462 g/mol. The van der Waals surface area contributed by atoms with Crippen LogP contribution in [0.25, 0.3) is 0 Å². The van der Waals surface area contributed by atoms with Gasteiger partial charge >= 0.3 is 0 Å². The summed E-state index contributed by atoms with van der Waals surface area (Å²) in [6.07, 6.45) is 5.29. The van der Waals surface area contributed by atoms with Crippen LogP contribution in [0.15, 0.2) is 78.9 Å². The largest absolute Gasteiger partial charge is 0.497 e. The van der Waals surface area contributed by atoms with Crippen LogP contribution in [0.4, 0.5) is 11.4 Å². The molecule has 33 heavy (non-hydrogen) atoms. The Hall–Kier alpha value is -2.65. The Kier molecular flexibility index (Phi) is 7.82. The van der Waals surface area contributed by atoms with Crippen LogP contribution in [-0.2, 0) is 0 Å². The number of nitrogens with zero attached hydrogens (tertiary/aromatic N) is 2. The minimum absolute atomic E-state index is 0.497. The molecule has 3 nitrogen and oxygen atoms in total. The van der Waals surface area contributed by atoms with Crippen LogP contribution in [0.2, 0.25) is 5.02 Å². The smallest absolute Gasteiger partial charge is 0.119 e. The molecule has 2 aliphatic rings. The molecule has 174 valence electrons. The molecule has 3 aromatic carbocycles. The molecule has 4 heteroatoms. The molecule has 0 amide bonds. The van der Waals surface area contributed by atoms with E-state index in [1.807, 2.05) is 31.2 Å². The molecule has 0 saturated carbocycles. The molecule has 5 rings (SSSR count). The van der Waals surface area contributed by atoms with E-state index in [4.69, 9.17) is 16.3 Å². The molecule has 0 unspecified atom stereocenters. The number of ether oxygens (including phenoxy) is 1. The van der Waals surface area contributed by atoms with Gasteiger partial charge in [0, 0.05) is 42.6 Å². The summed E-state index contributed by atoms with van der Waals surface area (Å²) in [5, 5.41) is 0.810. The summed E-state index contributed by atoms with van der Waals surface area (Å²) in [6, 6.07) is 27.2. The van der Waals surface area contributed by atoms with E-state index in [1.54, 1.807) is 7.11 Å². The third kappa shape index (κ3) is 6.23. The van der Waals surface area contributed by atoms with E-state index >= 15 is 0 Å². The number of para-hydroxylation sites is 1. The van der Waals surface area contributed by atoms with Crippen LogP contribution in [0.5, 0.6) is 5.75 Å². The summed E-state index contributed by atoms with van der Waals surface area (Å²) in [6.45, 7) is 6.76. The van der Waals surface area contributed by atoms with Crippen molar-refractivity contribution in [2.24, 2.45) is 5.41 Å². The first kappa shape index (κ1) is 23.5. The molecule has 3 aromatic rings. The van der Waals surface area contributed by atoms with Gasteiger partial charge in [0.1, 0.15) is 5.75 Å². The lowest BCUT2D eigenvalue weighted by atomic mass is 9.72. The first-order valence-electron chi connectivity index (χ1n) is 12.0. The Bertz CT molecular complexity index is 980. The quantitative estimate of drug-likeness (QED) is 0.408. The molecule has 2 aliphatic heterocycles. The fourth-order valence-corrected chi connectivity index (χ4v) is 5.36. The van der Waals surface area contributed by atoms with Crippen LogP contribution in [0.3, 0.4) is 0 Å². The van der Waals surface area contributed by atoms with Crippen molar-refractivity contribution < 1.29 is 4.74 Å². The molecule has 1 spiro atoms. The number of hydrogen-bond acceptors (Lipinski definition) is 3. The maximum absolute atomic E-state index is 5.64. The van der Waals surface area contributed by atoms with Crippen LogP contribution in [0.1, 0.15) is 31.2 Å². The predicted molar refractivity (Wildman–Crippen MR) is 141 cm³/mol. The topological polar surface area (TPSA) is 15.7 Å². The number of benzene rings is 3. The van der Waals surface area contributed by atoms with E-state index in [0.717, 1.165) is 23.9 Å². The average molecular weight is 463 g/mol. The van der Waals surface area contributed by atoms with Gasteiger partial charge in [0.05, 0.1) is 7.11 Å². The lowest BCUT2D eigenvalue weighted by Gasteiger charge is -2.49. The second-order valence-electron chi connectivity index (χ2n) is 9.34. The van der Waals surface area contributed by atoms with Crippen molar-refractivity contribution >= 4 is 23.0 Å². The predicted octanol–water partition coefficient (Wildman–Crippen LogP) is 7.23. The lowest BCUT2D eigenvalue weighted by Crippen LogP contribution is -2.49. The van der Waals surface area contributed by atoms with Gasteiger partial charge in [-0.2, -0.15) is 0 Å². The molecule has 0 atom stereocenters. The Labute approximate surface area is 203 Å².